The predicted molar refractivity (Wildman–Crippen MR) is 165 cm³/mol. The van der Waals surface area contributed by atoms with Crippen LogP contribution >= 0.6 is 15.9 Å². The van der Waals surface area contributed by atoms with Crippen LogP contribution in [0.4, 0.5) is 0 Å². The Balaban J connectivity index is 1.73. The molecule has 0 aliphatic carbocycles. The average Bonchev–Trinajstić information content (AvgIpc) is 2.97. The minimum absolute atomic E-state index is 0.0427. The summed E-state index contributed by atoms with van der Waals surface area (Å²) in [5, 5.41) is 1.71. The molecule has 1 aliphatic heterocycles. The van der Waals surface area contributed by atoms with Gasteiger partial charge in [-0.05, 0) is 66.4 Å². The quantitative estimate of drug-likeness (QED) is 0.209. The largest absolute Gasteiger partial charge is 0.469 e. The molecule has 0 bridgehead atoms. The first-order valence-corrected chi connectivity index (χ1v) is 15.5. The van der Waals surface area contributed by atoms with Crippen molar-refractivity contribution in [2.75, 3.05) is 7.11 Å². The lowest BCUT2D eigenvalue weighted by Gasteiger charge is -2.43. The maximum Gasteiger partial charge on any atom is 0.306 e. The number of methoxy groups -OCH3 is 1. The van der Waals surface area contributed by atoms with Gasteiger partial charge in [0.2, 0.25) is 0 Å². The molecule has 4 aromatic rings. The molecule has 0 saturated heterocycles. The van der Waals surface area contributed by atoms with Crippen molar-refractivity contribution >= 4 is 43.7 Å². The van der Waals surface area contributed by atoms with Gasteiger partial charge in [-0.2, -0.15) is 0 Å². The van der Waals surface area contributed by atoms with Gasteiger partial charge >= 0.3 is 5.97 Å². The van der Waals surface area contributed by atoms with E-state index in [9.17, 15) is 13.2 Å². The van der Waals surface area contributed by atoms with Crippen molar-refractivity contribution in [3.63, 3.8) is 0 Å². The number of hydrogen-bond donors (Lipinski definition) is 1. The summed E-state index contributed by atoms with van der Waals surface area (Å²) in [5.41, 5.74) is 6.29. The Morgan fingerprint density at radius 2 is 1.51 bits per heavy atom. The fourth-order valence-corrected chi connectivity index (χ4v) is 6.49. The summed E-state index contributed by atoms with van der Waals surface area (Å²) in [4.78, 5) is 15.9. The smallest absolute Gasteiger partial charge is 0.306 e. The Morgan fingerprint density at radius 3 is 2.15 bits per heavy atom. The van der Waals surface area contributed by atoms with Gasteiger partial charge in [-0.25, -0.2) is 8.42 Å². The number of carbonyl (C=O) groups is 1. The second kappa shape index (κ2) is 12.0. The number of ether oxygens (including phenoxy) is 1. The van der Waals surface area contributed by atoms with Gasteiger partial charge < -0.3 is 4.74 Å². The molecule has 0 fully saturated rings. The number of nitrogens with one attached hydrogen (secondary N) is 1. The van der Waals surface area contributed by atoms with Crippen molar-refractivity contribution < 1.29 is 17.9 Å². The number of halogens is 1. The molecular weight excluding hydrogens is 600 g/mol. The summed E-state index contributed by atoms with van der Waals surface area (Å²) in [7, 11) is -2.64. The first-order valence-electron chi connectivity index (χ1n) is 13.2. The fourth-order valence-electron chi connectivity index (χ4n) is 5.15. The fraction of sp³-hybridized carbons (Fsp3) is 0.182. The Hall–Kier alpha value is -3.72. The first-order chi connectivity index (χ1) is 19.7. The van der Waals surface area contributed by atoms with Gasteiger partial charge in [0.05, 0.1) is 30.2 Å². The van der Waals surface area contributed by atoms with Crippen LogP contribution in [0, 0.1) is 13.8 Å². The standard InChI is InChI=1S/C33H31BrN2O4S/c1-22-8-12-25(13-9-22)31-20-26-6-4-5-7-29(26)33(30(21-32(37)40-3)24-14-16-27(34)17-15-24)36(31)35-41(38,39)28-18-10-23(2)11-19-28/h4-20,30,33,35H,21H2,1-3H3. The number of carbonyl (C=O) groups excluding carboxylic acids is 1. The molecule has 8 heteroatoms. The van der Waals surface area contributed by atoms with Crippen LogP contribution in [0.1, 0.15) is 51.8 Å². The maximum atomic E-state index is 13.9. The summed E-state index contributed by atoms with van der Waals surface area (Å²) >= 11 is 3.51. The third kappa shape index (κ3) is 6.30. The summed E-state index contributed by atoms with van der Waals surface area (Å²) in [5.74, 6) is -0.838. The van der Waals surface area contributed by atoms with Crippen LogP contribution in [0.15, 0.2) is 106 Å². The molecule has 0 saturated carbocycles. The molecule has 1 N–H and O–H groups in total. The van der Waals surface area contributed by atoms with Gasteiger partial charge in [0, 0.05) is 10.4 Å². The van der Waals surface area contributed by atoms with E-state index in [1.807, 2.05) is 92.7 Å². The number of hydrogen-bond acceptors (Lipinski definition) is 5. The van der Waals surface area contributed by atoms with Crippen molar-refractivity contribution in [2.45, 2.75) is 37.1 Å². The van der Waals surface area contributed by atoms with Gasteiger partial charge in [-0.1, -0.05) is 99.9 Å². The topological polar surface area (TPSA) is 75.7 Å². The zero-order chi connectivity index (χ0) is 29.1. The van der Waals surface area contributed by atoms with E-state index in [2.05, 4.69) is 20.8 Å². The number of hydrazine groups is 1. The molecule has 6 nitrogen and oxygen atoms in total. The van der Waals surface area contributed by atoms with Crippen LogP contribution in [0.25, 0.3) is 11.8 Å². The Kier molecular flexibility index (Phi) is 8.45. The van der Waals surface area contributed by atoms with Gasteiger partial charge in [0.25, 0.3) is 10.0 Å². The number of fused-ring (bicyclic) bond motifs is 1. The zero-order valence-corrected chi connectivity index (χ0v) is 25.4. The van der Waals surface area contributed by atoms with Crippen molar-refractivity contribution in [2.24, 2.45) is 0 Å². The molecule has 0 spiro atoms. The van der Waals surface area contributed by atoms with Crippen molar-refractivity contribution in [1.82, 2.24) is 9.84 Å². The van der Waals surface area contributed by atoms with Crippen molar-refractivity contribution in [3.05, 3.63) is 135 Å². The number of sulfonamides is 1. The highest BCUT2D eigenvalue weighted by Gasteiger charge is 2.39. The van der Waals surface area contributed by atoms with Crippen LogP contribution in [0.2, 0.25) is 0 Å². The highest BCUT2D eigenvalue weighted by molar-refractivity contribution is 9.10. The van der Waals surface area contributed by atoms with Gasteiger partial charge in [-0.3, -0.25) is 9.80 Å². The van der Waals surface area contributed by atoms with E-state index in [4.69, 9.17) is 4.74 Å². The number of benzene rings is 4. The zero-order valence-electron chi connectivity index (χ0n) is 23.0. The van der Waals surface area contributed by atoms with Crippen molar-refractivity contribution in [3.8, 4) is 0 Å². The number of rotatable bonds is 8. The Bertz CT molecular complexity index is 1680. The molecule has 4 aromatic carbocycles. The van der Waals surface area contributed by atoms with Crippen LogP contribution in [0.3, 0.4) is 0 Å². The van der Waals surface area contributed by atoms with Gasteiger partial charge in [-0.15, -0.1) is 4.83 Å². The second-order valence-corrected chi connectivity index (χ2v) is 12.8. The van der Waals surface area contributed by atoms with E-state index < -0.39 is 22.0 Å². The lowest BCUT2D eigenvalue weighted by atomic mass is 9.80. The van der Waals surface area contributed by atoms with E-state index >= 15 is 0 Å². The third-order valence-corrected chi connectivity index (χ3v) is 9.19. The molecule has 5 rings (SSSR count). The van der Waals surface area contributed by atoms with Crippen LogP contribution in [-0.2, 0) is 19.6 Å². The third-order valence-electron chi connectivity index (χ3n) is 7.34. The summed E-state index contributed by atoms with van der Waals surface area (Å²) < 4.78 is 33.8. The Morgan fingerprint density at radius 1 is 0.902 bits per heavy atom. The lowest BCUT2D eigenvalue weighted by molar-refractivity contribution is -0.141. The lowest BCUT2D eigenvalue weighted by Crippen LogP contribution is -2.46. The van der Waals surface area contributed by atoms with Crippen LogP contribution in [0.5, 0.6) is 0 Å². The van der Waals surface area contributed by atoms with Gasteiger partial charge in [0.15, 0.2) is 0 Å². The van der Waals surface area contributed by atoms with E-state index in [-0.39, 0.29) is 17.3 Å². The van der Waals surface area contributed by atoms with Gasteiger partial charge in [0.1, 0.15) is 0 Å². The second-order valence-electron chi connectivity index (χ2n) is 10.2. The SMILES string of the molecule is COC(=O)CC(c1ccc(Br)cc1)C1c2ccccc2C=C(c2ccc(C)cc2)N1NS(=O)(=O)c1ccc(C)cc1. The molecule has 1 heterocycles. The predicted octanol–water partition coefficient (Wildman–Crippen LogP) is 7.16. The average molecular weight is 632 g/mol. The normalized spacial score (nSPS) is 15.6. The van der Waals surface area contributed by atoms with E-state index in [0.29, 0.717) is 5.70 Å². The Labute approximate surface area is 249 Å². The van der Waals surface area contributed by atoms with Crippen LogP contribution in [-0.4, -0.2) is 26.5 Å². The number of esters is 1. The molecule has 210 valence electrons. The summed E-state index contributed by atoms with van der Waals surface area (Å²) in [6.45, 7) is 3.92. The first kappa shape index (κ1) is 28.8. The van der Waals surface area contributed by atoms with E-state index in [1.165, 1.54) is 7.11 Å². The molecule has 0 radical (unpaired) electrons. The number of nitrogens with zero attached hydrogens (tertiary/aromatic N) is 1. The highest BCUT2D eigenvalue weighted by atomic mass is 79.9. The molecular formula is C33H31BrN2O4S. The summed E-state index contributed by atoms with van der Waals surface area (Å²) in [6.07, 6.45) is 2.03. The monoisotopic (exact) mass is 630 g/mol. The molecule has 41 heavy (non-hydrogen) atoms. The molecule has 1 aliphatic rings. The molecule has 2 unspecified atom stereocenters. The minimum atomic E-state index is -4.01. The molecule has 0 aromatic heterocycles. The maximum absolute atomic E-state index is 13.9. The van der Waals surface area contributed by atoms with E-state index in [0.717, 1.165) is 37.9 Å². The molecule has 0 amide bonds. The van der Waals surface area contributed by atoms with Crippen LogP contribution < -0.4 is 4.83 Å². The number of aryl methyl sites for hydroxylation is 2. The van der Waals surface area contributed by atoms with Crippen molar-refractivity contribution in [1.29, 1.82) is 0 Å². The van der Waals surface area contributed by atoms with E-state index in [1.54, 1.807) is 29.3 Å². The highest BCUT2D eigenvalue weighted by Crippen LogP contribution is 2.46. The summed E-state index contributed by atoms with van der Waals surface area (Å²) in [6, 6.07) is 29.8. The molecule has 2 atom stereocenters. The minimum Gasteiger partial charge on any atom is -0.469 e.